The van der Waals surface area contributed by atoms with Crippen molar-refractivity contribution in [3.63, 3.8) is 0 Å². The maximum Gasteiger partial charge on any atom is 0.308 e. The van der Waals surface area contributed by atoms with E-state index in [1.165, 1.54) is 4.90 Å². The average molecular weight is 481 g/mol. The van der Waals surface area contributed by atoms with Crippen LogP contribution in [0.25, 0.3) is 0 Å². The van der Waals surface area contributed by atoms with Crippen LogP contribution in [0.15, 0.2) is 22.7 Å². The van der Waals surface area contributed by atoms with Crippen molar-refractivity contribution in [2.45, 2.75) is 64.0 Å². The van der Waals surface area contributed by atoms with E-state index in [9.17, 15) is 14.4 Å². The first kappa shape index (κ1) is 22.6. The Labute approximate surface area is 185 Å². The summed E-state index contributed by atoms with van der Waals surface area (Å²) in [5.74, 6) is -0.619. The second-order valence-electron chi connectivity index (χ2n) is 7.75. The number of carbonyl (C=O) groups is 3. The predicted molar refractivity (Wildman–Crippen MR) is 115 cm³/mol. The Morgan fingerprint density at radius 1 is 1.23 bits per heavy atom. The number of halogens is 1. The van der Waals surface area contributed by atoms with Crippen molar-refractivity contribution in [1.82, 2.24) is 10.2 Å². The molecule has 7 nitrogen and oxygen atoms in total. The molecule has 2 amide bonds. The van der Waals surface area contributed by atoms with Gasteiger partial charge in [0, 0.05) is 17.6 Å². The summed E-state index contributed by atoms with van der Waals surface area (Å²) < 4.78 is 12.1. The van der Waals surface area contributed by atoms with E-state index in [4.69, 9.17) is 9.47 Å². The molecule has 8 heteroatoms. The number of nitrogens with one attached hydrogen (secondary N) is 1. The summed E-state index contributed by atoms with van der Waals surface area (Å²) in [6.45, 7) is 3.15. The minimum Gasteiger partial charge on any atom is -0.493 e. The second-order valence-corrected chi connectivity index (χ2v) is 8.66. The maximum absolute atomic E-state index is 13.4. The number of benzene rings is 1. The van der Waals surface area contributed by atoms with Crippen molar-refractivity contribution in [3.8, 4) is 5.75 Å². The van der Waals surface area contributed by atoms with Crippen molar-refractivity contribution in [3.05, 3.63) is 28.2 Å². The number of ether oxygens (including phenoxy) is 2. The molecule has 2 fully saturated rings. The van der Waals surface area contributed by atoms with Gasteiger partial charge in [0.25, 0.3) is 5.91 Å². The van der Waals surface area contributed by atoms with Gasteiger partial charge in [-0.15, -0.1) is 0 Å². The zero-order valence-corrected chi connectivity index (χ0v) is 18.9. The molecule has 1 aliphatic carbocycles. The van der Waals surface area contributed by atoms with Gasteiger partial charge in [-0.3, -0.25) is 14.4 Å². The van der Waals surface area contributed by atoms with E-state index >= 15 is 0 Å². The number of rotatable bonds is 7. The molecule has 1 atom stereocenters. The molecule has 0 aromatic heterocycles. The van der Waals surface area contributed by atoms with Crippen LogP contribution in [0.5, 0.6) is 5.75 Å². The third-order valence-corrected chi connectivity index (χ3v) is 5.93. The van der Waals surface area contributed by atoms with Crippen molar-refractivity contribution < 1.29 is 23.9 Å². The fourth-order valence-electron chi connectivity index (χ4n) is 3.90. The van der Waals surface area contributed by atoms with Gasteiger partial charge in [-0.05, 0) is 50.3 Å². The molecule has 3 rings (SSSR count). The normalized spacial score (nSPS) is 19.9. The third kappa shape index (κ3) is 5.74. The molecule has 1 aromatic carbocycles. The van der Waals surface area contributed by atoms with E-state index in [1.54, 1.807) is 12.1 Å². The number of esters is 1. The number of hydrogen-bond donors (Lipinski definition) is 1. The van der Waals surface area contributed by atoms with Gasteiger partial charge in [-0.1, -0.05) is 29.3 Å². The van der Waals surface area contributed by atoms with E-state index in [2.05, 4.69) is 21.2 Å². The molecule has 2 aliphatic rings. The number of amides is 2. The minimum atomic E-state index is -0.889. The lowest BCUT2D eigenvalue weighted by molar-refractivity contribution is -0.153. The minimum absolute atomic E-state index is 0.0822. The first-order chi connectivity index (χ1) is 14.5. The van der Waals surface area contributed by atoms with Crippen LogP contribution in [0.1, 0.15) is 62.2 Å². The van der Waals surface area contributed by atoms with Gasteiger partial charge in [0.2, 0.25) is 5.91 Å². The monoisotopic (exact) mass is 480 g/mol. The summed E-state index contributed by atoms with van der Waals surface area (Å²) in [4.78, 5) is 39.9. The molecule has 1 saturated heterocycles. The van der Waals surface area contributed by atoms with E-state index < -0.39 is 12.0 Å². The Hall–Kier alpha value is -2.09. The highest BCUT2D eigenvalue weighted by molar-refractivity contribution is 9.10. The van der Waals surface area contributed by atoms with Gasteiger partial charge < -0.3 is 19.7 Å². The molecule has 1 aromatic rings. The summed E-state index contributed by atoms with van der Waals surface area (Å²) in [5.41, 5.74) is 0.373. The average Bonchev–Trinajstić information content (AvgIpc) is 2.74. The lowest BCUT2D eigenvalue weighted by Gasteiger charge is -2.35. The fourth-order valence-corrected chi connectivity index (χ4v) is 4.26. The van der Waals surface area contributed by atoms with Crippen molar-refractivity contribution >= 4 is 33.7 Å². The second kappa shape index (κ2) is 10.8. The molecule has 1 heterocycles. The molecular weight excluding hydrogens is 452 g/mol. The molecule has 1 aliphatic heterocycles. The lowest BCUT2D eigenvalue weighted by Crippen LogP contribution is -2.58. The van der Waals surface area contributed by atoms with E-state index in [-0.39, 0.29) is 24.3 Å². The first-order valence-electron chi connectivity index (χ1n) is 10.7. The number of nitrogens with zero attached hydrogens (tertiary/aromatic N) is 1. The van der Waals surface area contributed by atoms with Crippen LogP contribution in [-0.4, -0.2) is 54.5 Å². The lowest BCUT2D eigenvalue weighted by atomic mass is 9.98. The molecule has 0 bridgehead atoms. The Balaban J connectivity index is 1.75. The summed E-state index contributed by atoms with van der Waals surface area (Å²) in [5, 5.41) is 2.76. The third-order valence-electron chi connectivity index (χ3n) is 5.44. The quantitative estimate of drug-likeness (QED) is 0.604. The van der Waals surface area contributed by atoms with Crippen molar-refractivity contribution in [2.24, 2.45) is 0 Å². The number of carbonyl (C=O) groups excluding carboxylic acids is 3. The van der Waals surface area contributed by atoms with E-state index in [0.29, 0.717) is 31.0 Å². The zero-order valence-electron chi connectivity index (χ0n) is 17.3. The molecular formula is C22H29BrN2O5. The van der Waals surface area contributed by atoms with E-state index in [0.717, 1.165) is 43.0 Å². The van der Waals surface area contributed by atoms with Crippen LogP contribution in [0.4, 0.5) is 0 Å². The summed E-state index contributed by atoms with van der Waals surface area (Å²) in [6, 6.07) is 4.35. The number of hydrogen-bond acceptors (Lipinski definition) is 5. The number of piperazine rings is 1. The van der Waals surface area contributed by atoms with Crippen LogP contribution in [0.2, 0.25) is 0 Å². The fraction of sp³-hybridized carbons (Fsp3) is 0.591. The first-order valence-corrected chi connectivity index (χ1v) is 11.5. The van der Waals surface area contributed by atoms with Crippen molar-refractivity contribution in [2.75, 3.05) is 19.7 Å². The Bertz CT molecular complexity index is 779. The van der Waals surface area contributed by atoms with Gasteiger partial charge in [0.1, 0.15) is 17.9 Å². The van der Waals surface area contributed by atoms with E-state index in [1.807, 2.05) is 13.0 Å². The van der Waals surface area contributed by atoms with Crippen LogP contribution in [-0.2, 0) is 14.3 Å². The molecule has 1 saturated carbocycles. The summed E-state index contributed by atoms with van der Waals surface area (Å²) in [7, 11) is 0. The molecule has 1 unspecified atom stereocenters. The summed E-state index contributed by atoms with van der Waals surface area (Å²) >= 11 is 3.40. The molecule has 0 radical (unpaired) electrons. The zero-order chi connectivity index (χ0) is 21.5. The highest BCUT2D eigenvalue weighted by Gasteiger charge is 2.37. The van der Waals surface area contributed by atoms with Gasteiger partial charge in [0.15, 0.2) is 0 Å². The Kier molecular flexibility index (Phi) is 8.13. The Morgan fingerprint density at radius 2 is 2.00 bits per heavy atom. The predicted octanol–water partition coefficient (Wildman–Crippen LogP) is 3.44. The molecule has 1 N–H and O–H groups in total. The van der Waals surface area contributed by atoms with Gasteiger partial charge in [0.05, 0.1) is 18.6 Å². The van der Waals surface area contributed by atoms with Gasteiger partial charge >= 0.3 is 5.97 Å². The van der Waals surface area contributed by atoms with Crippen molar-refractivity contribution in [1.29, 1.82) is 0 Å². The largest absolute Gasteiger partial charge is 0.493 e. The highest BCUT2D eigenvalue weighted by atomic mass is 79.9. The van der Waals surface area contributed by atoms with Gasteiger partial charge in [-0.2, -0.15) is 0 Å². The molecule has 164 valence electrons. The standard InChI is InChI=1S/C22H29BrN2O5/c1-2-12-29-19-9-8-15(23)13-17(19)22(28)25-11-10-24-21(27)18(25)14-20(26)30-16-6-4-3-5-7-16/h8-9,13,16,18H,2-7,10-12,14H2,1H3,(H,24,27). The van der Waals surface area contributed by atoms with Gasteiger partial charge in [-0.25, -0.2) is 0 Å². The smallest absolute Gasteiger partial charge is 0.308 e. The Morgan fingerprint density at radius 3 is 2.73 bits per heavy atom. The molecule has 30 heavy (non-hydrogen) atoms. The maximum atomic E-state index is 13.4. The summed E-state index contributed by atoms with van der Waals surface area (Å²) in [6.07, 6.45) is 5.57. The van der Waals surface area contributed by atoms with Crippen LogP contribution >= 0.6 is 15.9 Å². The highest BCUT2D eigenvalue weighted by Crippen LogP contribution is 2.27. The van der Waals surface area contributed by atoms with Crippen LogP contribution in [0.3, 0.4) is 0 Å². The molecule has 0 spiro atoms. The SMILES string of the molecule is CCCOc1ccc(Br)cc1C(=O)N1CCNC(=O)C1CC(=O)OC1CCCCC1. The topological polar surface area (TPSA) is 84.9 Å². The van der Waals surface area contributed by atoms with Crippen LogP contribution in [0, 0.1) is 0 Å². The van der Waals surface area contributed by atoms with Crippen LogP contribution < -0.4 is 10.1 Å².